The minimum Gasteiger partial charge on any atom is -0.497 e. The van der Waals surface area contributed by atoms with Crippen LogP contribution in [0.4, 0.5) is 5.13 Å². The lowest BCUT2D eigenvalue weighted by Crippen LogP contribution is -1.92. The van der Waals surface area contributed by atoms with Crippen LogP contribution < -0.4 is 9.47 Å². The third-order valence-corrected chi connectivity index (χ3v) is 3.23. The Morgan fingerprint density at radius 2 is 2.11 bits per heavy atom. The average Bonchev–Trinajstić information content (AvgIpc) is 2.82. The van der Waals surface area contributed by atoms with Crippen LogP contribution in [0, 0.1) is 6.92 Å². The number of ether oxygens (including phenoxy) is 2. The van der Waals surface area contributed by atoms with Gasteiger partial charge < -0.3 is 9.47 Å². The molecule has 0 aliphatic rings. The monoisotopic (exact) mass is 262 g/mol. The van der Waals surface area contributed by atoms with Crippen molar-refractivity contribution in [1.29, 1.82) is 0 Å². The van der Waals surface area contributed by atoms with E-state index in [0.29, 0.717) is 0 Å². The van der Waals surface area contributed by atoms with Crippen molar-refractivity contribution in [3.63, 3.8) is 0 Å². The van der Waals surface area contributed by atoms with Gasteiger partial charge in [-0.25, -0.2) is 9.98 Å². The lowest BCUT2D eigenvalue weighted by atomic mass is 10.2. The second-order valence-electron chi connectivity index (χ2n) is 3.64. The Hall–Kier alpha value is -1.88. The van der Waals surface area contributed by atoms with Crippen molar-refractivity contribution in [2.45, 2.75) is 6.92 Å². The molecule has 0 aliphatic heterocycles. The molecule has 0 atom stereocenters. The van der Waals surface area contributed by atoms with Crippen LogP contribution in [0.25, 0.3) is 0 Å². The first kappa shape index (κ1) is 12.6. The lowest BCUT2D eigenvalue weighted by Gasteiger charge is -2.06. The molecule has 0 N–H and O–H groups in total. The Kier molecular flexibility index (Phi) is 3.94. The molecule has 0 spiro atoms. The largest absolute Gasteiger partial charge is 0.497 e. The molecule has 18 heavy (non-hydrogen) atoms. The molecule has 0 saturated heterocycles. The number of aliphatic imine (C=N–C) groups is 1. The zero-order valence-electron chi connectivity index (χ0n) is 10.5. The molecule has 0 fully saturated rings. The van der Waals surface area contributed by atoms with Crippen molar-refractivity contribution < 1.29 is 9.47 Å². The van der Waals surface area contributed by atoms with E-state index in [1.54, 1.807) is 20.4 Å². The van der Waals surface area contributed by atoms with Gasteiger partial charge in [0.25, 0.3) is 0 Å². The van der Waals surface area contributed by atoms with E-state index in [0.717, 1.165) is 27.9 Å². The summed E-state index contributed by atoms with van der Waals surface area (Å²) in [7, 11) is 3.25. The number of thiazole rings is 1. The van der Waals surface area contributed by atoms with E-state index in [-0.39, 0.29) is 0 Å². The Morgan fingerprint density at radius 1 is 1.28 bits per heavy atom. The van der Waals surface area contributed by atoms with Gasteiger partial charge in [-0.1, -0.05) is 0 Å². The first-order valence-electron chi connectivity index (χ1n) is 5.41. The minimum atomic E-state index is 0.728. The summed E-state index contributed by atoms with van der Waals surface area (Å²) in [5.41, 5.74) is 1.87. The van der Waals surface area contributed by atoms with Crippen molar-refractivity contribution in [2.75, 3.05) is 14.2 Å². The summed E-state index contributed by atoms with van der Waals surface area (Å²) in [6.45, 7) is 1.95. The van der Waals surface area contributed by atoms with E-state index < -0.39 is 0 Å². The molecule has 0 saturated carbocycles. The molecule has 1 aromatic carbocycles. The van der Waals surface area contributed by atoms with Crippen molar-refractivity contribution in [3.05, 3.63) is 34.8 Å². The van der Waals surface area contributed by atoms with Gasteiger partial charge in [0.15, 0.2) is 0 Å². The Balaban J connectivity index is 2.25. The van der Waals surface area contributed by atoms with Crippen molar-refractivity contribution in [2.24, 2.45) is 4.99 Å². The SMILES string of the molecule is COc1ccc(/C=N\c2nc(C)cs2)c(OC)c1. The van der Waals surface area contributed by atoms with E-state index in [1.165, 1.54) is 11.3 Å². The second kappa shape index (κ2) is 5.64. The van der Waals surface area contributed by atoms with Crippen LogP contribution in [0.5, 0.6) is 11.5 Å². The fraction of sp³-hybridized carbons (Fsp3) is 0.231. The molecule has 0 amide bonds. The first-order chi connectivity index (χ1) is 8.72. The third kappa shape index (κ3) is 2.87. The summed E-state index contributed by atoms with van der Waals surface area (Å²) in [6.07, 6.45) is 1.75. The van der Waals surface area contributed by atoms with Gasteiger partial charge in [-0.3, -0.25) is 0 Å². The second-order valence-corrected chi connectivity index (χ2v) is 4.47. The van der Waals surface area contributed by atoms with Gasteiger partial charge in [-0.05, 0) is 19.1 Å². The van der Waals surface area contributed by atoms with Gasteiger partial charge in [0.1, 0.15) is 11.5 Å². The number of aromatic nitrogens is 1. The fourth-order valence-corrected chi connectivity index (χ4v) is 2.09. The maximum absolute atomic E-state index is 5.29. The van der Waals surface area contributed by atoms with E-state index in [2.05, 4.69) is 9.98 Å². The van der Waals surface area contributed by atoms with Crippen molar-refractivity contribution in [3.8, 4) is 11.5 Å². The number of benzene rings is 1. The standard InChI is InChI=1S/C13H14N2O2S/c1-9-8-18-13(15-9)14-7-10-4-5-11(16-2)6-12(10)17-3/h4-8H,1-3H3/b14-7-. The van der Waals surface area contributed by atoms with Crippen LogP contribution in [0.2, 0.25) is 0 Å². The maximum atomic E-state index is 5.29. The highest BCUT2D eigenvalue weighted by Gasteiger charge is 2.03. The molecule has 2 rings (SSSR count). The van der Waals surface area contributed by atoms with Crippen LogP contribution in [0.1, 0.15) is 11.3 Å². The maximum Gasteiger partial charge on any atom is 0.209 e. The summed E-state index contributed by atoms with van der Waals surface area (Å²) in [5.74, 6) is 1.49. The van der Waals surface area contributed by atoms with E-state index >= 15 is 0 Å². The van der Waals surface area contributed by atoms with E-state index in [4.69, 9.17) is 9.47 Å². The van der Waals surface area contributed by atoms with Crippen LogP contribution in [-0.4, -0.2) is 25.4 Å². The molecule has 0 unspecified atom stereocenters. The molecule has 4 nitrogen and oxygen atoms in total. The number of methoxy groups -OCH3 is 2. The summed E-state index contributed by atoms with van der Waals surface area (Å²) in [4.78, 5) is 8.59. The van der Waals surface area contributed by atoms with Crippen molar-refractivity contribution in [1.82, 2.24) is 4.98 Å². The summed E-state index contributed by atoms with van der Waals surface area (Å²) in [6, 6.07) is 5.60. The lowest BCUT2D eigenvalue weighted by molar-refractivity contribution is 0.394. The Morgan fingerprint density at radius 3 is 2.72 bits per heavy atom. The highest BCUT2D eigenvalue weighted by Crippen LogP contribution is 2.24. The molecule has 2 aromatic rings. The van der Waals surface area contributed by atoms with Gasteiger partial charge in [0.2, 0.25) is 5.13 Å². The summed E-state index contributed by atoms with van der Waals surface area (Å²) < 4.78 is 10.4. The predicted octanol–water partition coefficient (Wildman–Crippen LogP) is 3.22. The number of hydrogen-bond acceptors (Lipinski definition) is 5. The van der Waals surface area contributed by atoms with Gasteiger partial charge in [0, 0.05) is 23.2 Å². The molecule has 94 valence electrons. The third-order valence-electron chi connectivity index (χ3n) is 2.36. The number of rotatable bonds is 4. The predicted molar refractivity (Wildman–Crippen MR) is 73.7 cm³/mol. The molecule has 0 radical (unpaired) electrons. The normalized spacial score (nSPS) is 10.8. The van der Waals surface area contributed by atoms with E-state index in [1.807, 2.05) is 30.5 Å². The highest BCUT2D eigenvalue weighted by molar-refractivity contribution is 7.13. The molecular formula is C13H14N2O2S. The van der Waals surface area contributed by atoms with Gasteiger partial charge in [-0.15, -0.1) is 11.3 Å². The van der Waals surface area contributed by atoms with Crippen LogP contribution in [0.3, 0.4) is 0 Å². The Labute approximate surface area is 110 Å². The smallest absolute Gasteiger partial charge is 0.209 e. The van der Waals surface area contributed by atoms with Gasteiger partial charge in [0.05, 0.1) is 19.9 Å². The van der Waals surface area contributed by atoms with Crippen LogP contribution in [0.15, 0.2) is 28.6 Å². The molecule has 1 heterocycles. The minimum absolute atomic E-state index is 0.728. The van der Waals surface area contributed by atoms with Crippen LogP contribution in [-0.2, 0) is 0 Å². The number of nitrogens with zero attached hydrogens (tertiary/aromatic N) is 2. The zero-order chi connectivity index (χ0) is 13.0. The quantitative estimate of drug-likeness (QED) is 0.795. The summed E-state index contributed by atoms with van der Waals surface area (Å²) >= 11 is 1.52. The highest BCUT2D eigenvalue weighted by atomic mass is 32.1. The number of hydrogen-bond donors (Lipinski definition) is 0. The molecule has 1 aromatic heterocycles. The van der Waals surface area contributed by atoms with Crippen LogP contribution >= 0.6 is 11.3 Å². The van der Waals surface area contributed by atoms with Crippen molar-refractivity contribution >= 4 is 22.7 Å². The fourth-order valence-electron chi connectivity index (χ4n) is 1.45. The number of aryl methyl sites for hydroxylation is 1. The molecular weight excluding hydrogens is 248 g/mol. The first-order valence-corrected chi connectivity index (χ1v) is 6.29. The van der Waals surface area contributed by atoms with E-state index in [9.17, 15) is 0 Å². The Bertz CT molecular complexity index is 564. The van der Waals surface area contributed by atoms with Gasteiger partial charge in [-0.2, -0.15) is 0 Å². The topological polar surface area (TPSA) is 43.7 Å². The average molecular weight is 262 g/mol. The summed E-state index contributed by atoms with van der Waals surface area (Å²) in [5, 5.41) is 2.71. The molecule has 5 heteroatoms. The zero-order valence-corrected chi connectivity index (χ0v) is 11.3. The molecule has 0 bridgehead atoms. The molecule has 0 aliphatic carbocycles. The van der Waals surface area contributed by atoms with Gasteiger partial charge >= 0.3 is 0 Å².